The summed E-state index contributed by atoms with van der Waals surface area (Å²) >= 11 is 3.31. The molecular formula is C15H20BrFN2. The Morgan fingerprint density at radius 2 is 2.21 bits per heavy atom. The van der Waals surface area contributed by atoms with Crippen LogP contribution >= 0.6 is 15.9 Å². The second kappa shape index (κ2) is 4.83. The van der Waals surface area contributed by atoms with Crippen LogP contribution in [0, 0.1) is 17.7 Å². The minimum Gasteiger partial charge on any atom is -0.316 e. The van der Waals surface area contributed by atoms with E-state index in [0.29, 0.717) is 18.4 Å². The third-order valence-electron chi connectivity index (χ3n) is 4.89. The van der Waals surface area contributed by atoms with Crippen molar-refractivity contribution in [1.29, 1.82) is 0 Å². The van der Waals surface area contributed by atoms with Gasteiger partial charge in [0, 0.05) is 35.2 Å². The Morgan fingerprint density at radius 1 is 1.42 bits per heavy atom. The molecule has 1 aromatic rings. The molecule has 2 heterocycles. The van der Waals surface area contributed by atoms with E-state index < -0.39 is 0 Å². The van der Waals surface area contributed by atoms with Crippen molar-refractivity contribution in [3.05, 3.63) is 34.1 Å². The van der Waals surface area contributed by atoms with E-state index in [1.165, 1.54) is 0 Å². The topological polar surface area (TPSA) is 15.3 Å². The van der Waals surface area contributed by atoms with E-state index in [9.17, 15) is 4.39 Å². The molecule has 1 N–H and O–H groups in total. The van der Waals surface area contributed by atoms with E-state index in [2.05, 4.69) is 40.0 Å². The average Bonchev–Trinajstić information content (AvgIpc) is 2.87. The van der Waals surface area contributed by atoms with E-state index >= 15 is 0 Å². The van der Waals surface area contributed by atoms with Gasteiger partial charge in [-0.2, -0.15) is 0 Å². The van der Waals surface area contributed by atoms with Gasteiger partial charge in [-0.15, -0.1) is 0 Å². The molecule has 2 fully saturated rings. The van der Waals surface area contributed by atoms with Crippen LogP contribution in [-0.2, 0) is 6.54 Å². The largest absolute Gasteiger partial charge is 0.316 e. The van der Waals surface area contributed by atoms with Gasteiger partial charge >= 0.3 is 0 Å². The average molecular weight is 327 g/mol. The summed E-state index contributed by atoms with van der Waals surface area (Å²) in [6, 6.07) is 5.37. The molecule has 0 bridgehead atoms. The van der Waals surface area contributed by atoms with Gasteiger partial charge in [0.25, 0.3) is 0 Å². The minimum absolute atomic E-state index is 0.111. The van der Waals surface area contributed by atoms with Crippen molar-refractivity contribution in [2.45, 2.75) is 25.9 Å². The lowest BCUT2D eigenvalue weighted by Gasteiger charge is -2.35. The van der Waals surface area contributed by atoms with Gasteiger partial charge in [-0.3, -0.25) is 4.90 Å². The number of benzene rings is 1. The van der Waals surface area contributed by atoms with Crippen molar-refractivity contribution in [1.82, 2.24) is 10.2 Å². The summed E-state index contributed by atoms with van der Waals surface area (Å²) in [5.41, 5.74) is 0.942. The predicted molar refractivity (Wildman–Crippen MR) is 78.4 cm³/mol. The zero-order chi connectivity index (χ0) is 13.6. The van der Waals surface area contributed by atoms with Crippen molar-refractivity contribution in [2.24, 2.45) is 11.8 Å². The molecule has 2 aliphatic heterocycles. The van der Waals surface area contributed by atoms with E-state index in [-0.39, 0.29) is 11.4 Å². The number of nitrogens with zero attached hydrogens (tertiary/aromatic N) is 1. The van der Waals surface area contributed by atoms with E-state index in [1.807, 2.05) is 12.1 Å². The van der Waals surface area contributed by atoms with Gasteiger partial charge in [-0.25, -0.2) is 4.39 Å². The van der Waals surface area contributed by atoms with Gasteiger partial charge in [0.1, 0.15) is 5.82 Å². The van der Waals surface area contributed by atoms with E-state index in [4.69, 9.17) is 0 Å². The van der Waals surface area contributed by atoms with Crippen molar-refractivity contribution in [3.8, 4) is 0 Å². The summed E-state index contributed by atoms with van der Waals surface area (Å²) in [6.45, 7) is 8.56. The zero-order valence-corrected chi connectivity index (χ0v) is 13.0. The van der Waals surface area contributed by atoms with Crippen LogP contribution in [0.25, 0.3) is 0 Å². The van der Waals surface area contributed by atoms with Gasteiger partial charge in [-0.05, 0) is 44.4 Å². The Kier molecular flexibility index (Phi) is 3.44. The minimum atomic E-state index is -0.111. The van der Waals surface area contributed by atoms with Crippen LogP contribution in [-0.4, -0.2) is 30.1 Å². The van der Waals surface area contributed by atoms with Gasteiger partial charge in [-0.1, -0.05) is 22.0 Å². The molecule has 0 radical (unpaired) electrons. The molecule has 2 atom stereocenters. The third-order valence-corrected chi connectivity index (χ3v) is 5.39. The number of fused-ring (bicyclic) bond motifs is 1. The Labute approximate surface area is 122 Å². The van der Waals surface area contributed by atoms with Crippen LogP contribution in [0.15, 0.2) is 22.7 Å². The predicted octanol–water partition coefficient (Wildman–Crippen LogP) is 3.02. The van der Waals surface area contributed by atoms with Crippen LogP contribution < -0.4 is 5.32 Å². The highest BCUT2D eigenvalue weighted by atomic mass is 79.9. The molecule has 0 amide bonds. The first kappa shape index (κ1) is 13.5. The molecule has 2 unspecified atom stereocenters. The summed E-state index contributed by atoms with van der Waals surface area (Å²) in [4.78, 5) is 2.44. The Bertz CT molecular complexity index is 489. The fourth-order valence-corrected chi connectivity index (χ4v) is 3.96. The van der Waals surface area contributed by atoms with Crippen LogP contribution in [0.3, 0.4) is 0 Å². The normalized spacial score (nSPS) is 29.7. The summed E-state index contributed by atoms with van der Waals surface area (Å²) in [5.74, 6) is 1.29. The number of likely N-dealkylation sites (tertiary alicyclic amines) is 1. The molecule has 0 saturated carbocycles. The fraction of sp³-hybridized carbons (Fsp3) is 0.600. The number of nitrogens with one attached hydrogen (secondary N) is 1. The number of hydrogen-bond acceptors (Lipinski definition) is 2. The molecule has 19 heavy (non-hydrogen) atoms. The van der Waals surface area contributed by atoms with Crippen molar-refractivity contribution in [2.75, 3.05) is 19.6 Å². The Balaban J connectivity index is 1.80. The lowest BCUT2D eigenvalue weighted by molar-refractivity contribution is 0.130. The molecule has 104 valence electrons. The van der Waals surface area contributed by atoms with E-state index in [0.717, 1.165) is 29.7 Å². The van der Waals surface area contributed by atoms with Crippen LogP contribution in [0.5, 0.6) is 0 Å². The third kappa shape index (κ3) is 2.34. The number of halogens is 2. The second-order valence-corrected chi connectivity index (χ2v) is 7.21. The number of hydrogen-bond donors (Lipinski definition) is 1. The highest BCUT2D eigenvalue weighted by molar-refractivity contribution is 9.10. The summed E-state index contributed by atoms with van der Waals surface area (Å²) in [7, 11) is 0. The SMILES string of the molecule is CC1(C)C2CNCC2CN1Cc1ccc(Br)cc1F. The highest BCUT2D eigenvalue weighted by Crippen LogP contribution is 2.41. The Hall–Kier alpha value is -0.450. The molecule has 2 aliphatic rings. The molecule has 0 spiro atoms. The van der Waals surface area contributed by atoms with E-state index in [1.54, 1.807) is 6.07 Å². The van der Waals surface area contributed by atoms with Crippen LogP contribution in [0.1, 0.15) is 19.4 Å². The highest BCUT2D eigenvalue weighted by Gasteiger charge is 2.49. The van der Waals surface area contributed by atoms with Gasteiger partial charge in [0.2, 0.25) is 0 Å². The molecule has 0 aliphatic carbocycles. The summed E-state index contributed by atoms with van der Waals surface area (Å²) < 4.78 is 14.8. The van der Waals surface area contributed by atoms with Gasteiger partial charge in [0.15, 0.2) is 0 Å². The summed E-state index contributed by atoms with van der Waals surface area (Å²) in [6.07, 6.45) is 0. The summed E-state index contributed by atoms with van der Waals surface area (Å²) in [5, 5.41) is 3.48. The standard InChI is InChI=1S/C15H20BrFN2/c1-15(2)13-7-18-6-11(13)9-19(15)8-10-3-4-12(16)5-14(10)17/h3-5,11,13,18H,6-9H2,1-2H3. The van der Waals surface area contributed by atoms with Crippen LogP contribution in [0.2, 0.25) is 0 Å². The molecule has 3 rings (SSSR count). The molecule has 2 saturated heterocycles. The van der Waals surface area contributed by atoms with Crippen LogP contribution in [0.4, 0.5) is 4.39 Å². The maximum absolute atomic E-state index is 14.0. The first-order chi connectivity index (χ1) is 8.98. The molecule has 2 nitrogen and oxygen atoms in total. The monoisotopic (exact) mass is 326 g/mol. The lowest BCUT2D eigenvalue weighted by atomic mass is 9.85. The molecule has 4 heteroatoms. The second-order valence-electron chi connectivity index (χ2n) is 6.29. The Morgan fingerprint density at radius 3 is 2.89 bits per heavy atom. The number of rotatable bonds is 2. The quantitative estimate of drug-likeness (QED) is 0.898. The maximum Gasteiger partial charge on any atom is 0.128 e. The smallest absolute Gasteiger partial charge is 0.128 e. The molecule has 0 aromatic heterocycles. The lowest BCUT2D eigenvalue weighted by Crippen LogP contribution is -2.44. The van der Waals surface area contributed by atoms with Crippen molar-refractivity contribution >= 4 is 15.9 Å². The van der Waals surface area contributed by atoms with Crippen molar-refractivity contribution in [3.63, 3.8) is 0 Å². The maximum atomic E-state index is 14.0. The van der Waals surface area contributed by atoms with Gasteiger partial charge in [0.05, 0.1) is 0 Å². The van der Waals surface area contributed by atoms with Crippen molar-refractivity contribution < 1.29 is 4.39 Å². The fourth-order valence-electron chi connectivity index (χ4n) is 3.63. The zero-order valence-electron chi connectivity index (χ0n) is 11.4. The molecular weight excluding hydrogens is 307 g/mol. The van der Waals surface area contributed by atoms with Gasteiger partial charge < -0.3 is 5.32 Å². The molecule has 1 aromatic carbocycles. The first-order valence-corrected chi connectivity index (χ1v) is 7.67. The first-order valence-electron chi connectivity index (χ1n) is 6.88.